The molecule has 0 bridgehead atoms. The topological polar surface area (TPSA) is 61.5 Å². The lowest BCUT2D eigenvalue weighted by Gasteiger charge is -2.45. The molecule has 1 N–H and O–H groups in total. The van der Waals surface area contributed by atoms with Gasteiger partial charge in [-0.2, -0.15) is 5.10 Å². The third-order valence-corrected chi connectivity index (χ3v) is 6.54. The van der Waals surface area contributed by atoms with Crippen LogP contribution in [0, 0.1) is 5.92 Å². The molecule has 0 saturated carbocycles. The van der Waals surface area contributed by atoms with E-state index in [1.165, 1.54) is 45.2 Å². The van der Waals surface area contributed by atoms with Gasteiger partial charge < -0.3 is 14.5 Å². The molecule has 0 spiro atoms. The highest BCUT2D eigenvalue weighted by Crippen LogP contribution is 2.32. The molecular weight excluding hydrogens is 328 g/mol. The predicted octanol–water partition coefficient (Wildman–Crippen LogP) is 2.25. The van der Waals surface area contributed by atoms with Gasteiger partial charge in [-0.25, -0.2) is 0 Å². The Kier molecular flexibility index (Phi) is 5.60. The SMILES string of the molecule is COCCN(C[C@@H]1CCCN2CCCC[C@H]12)C(=O)c1n[nH]c2c1CCC2. The summed E-state index contributed by atoms with van der Waals surface area (Å²) in [6.07, 6.45) is 9.56. The van der Waals surface area contributed by atoms with Crippen molar-refractivity contribution in [3.05, 3.63) is 17.0 Å². The molecule has 1 amide bonds. The summed E-state index contributed by atoms with van der Waals surface area (Å²) in [6.45, 7) is 4.55. The molecule has 6 nitrogen and oxygen atoms in total. The number of hydrogen-bond donors (Lipinski definition) is 1. The van der Waals surface area contributed by atoms with Crippen molar-refractivity contribution in [2.75, 3.05) is 39.9 Å². The summed E-state index contributed by atoms with van der Waals surface area (Å²) in [6, 6.07) is 0.653. The van der Waals surface area contributed by atoms with E-state index in [-0.39, 0.29) is 5.91 Å². The molecule has 2 fully saturated rings. The number of H-pyrrole nitrogens is 1. The Hall–Kier alpha value is -1.40. The van der Waals surface area contributed by atoms with Crippen LogP contribution in [0.25, 0.3) is 0 Å². The number of nitrogens with zero attached hydrogens (tertiary/aromatic N) is 3. The second-order valence-electron chi connectivity index (χ2n) is 8.13. The quantitative estimate of drug-likeness (QED) is 0.845. The van der Waals surface area contributed by atoms with Crippen LogP contribution < -0.4 is 0 Å². The number of rotatable bonds is 6. The number of methoxy groups -OCH3 is 1. The minimum Gasteiger partial charge on any atom is -0.383 e. The van der Waals surface area contributed by atoms with E-state index in [0.717, 1.165) is 37.1 Å². The summed E-state index contributed by atoms with van der Waals surface area (Å²) in [4.78, 5) is 18.0. The number of aromatic nitrogens is 2. The molecule has 26 heavy (non-hydrogen) atoms. The number of aromatic amines is 1. The number of aryl methyl sites for hydroxylation is 1. The fraction of sp³-hybridized carbons (Fsp3) is 0.800. The second-order valence-corrected chi connectivity index (χ2v) is 8.13. The number of nitrogens with one attached hydrogen (secondary N) is 1. The molecule has 6 heteroatoms. The van der Waals surface area contributed by atoms with Crippen molar-refractivity contribution >= 4 is 5.91 Å². The van der Waals surface area contributed by atoms with Crippen molar-refractivity contribution in [1.29, 1.82) is 0 Å². The van der Waals surface area contributed by atoms with Crippen molar-refractivity contribution in [3.8, 4) is 0 Å². The maximum atomic E-state index is 13.3. The van der Waals surface area contributed by atoms with Gasteiger partial charge in [-0.15, -0.1) is 0 Å². The molecule has 3 aliphatic rings. The first kappa shape index (κ1) is 18.0. The van der Waals surface area contributed by atoms with Gasteiger partial charge in [0.05, 0.1) is 6.61 Å². The number of piperidine rings is 2. The van der Waals surface area contributed by atoms with Crippen LogP contribution in [-0.4, -0.2) is 71.8 Å². The van der Waals surface area contributed by atoms with E-state index in [0.29, 0.717) is 30.8 Å². The normalized spacial score (nSPS) is 25.7. The molecular formula is C20H32N4O2. The van der Waals surface area contributed by atoms with E-state index in [1.807, 2.05) is 4.90 Å². The second kappa shape index (κ2) is 8.09. The summed E-state index contributed by atoms with van der Waals surface area (Å²) in [5.74, 6) is 0.672. The van der Waals surface area contributed by atoms with Crippen molar-refractivity contribution in [2.24, 2.45) is 5.92 Å². The Morgan fingerprint density at radius 2 is 2.12 bits per heavy atom. The number of hydrogen-bond acceptors (Lipinski definition) is 4. The zero-order valence-corrected chi connectivity index (χ0v) is 16.0. The van der Waals surface area contributed by atoms with Crippen LogP contribution in [0.5, 0.6) is 0 Å². The van der Waals surface area contributed by atoms with Crippen LogP contribution >= 0.6 is 0 Å². The zero-order chi connectivity index (χ0) is 17.9. The smallest absolute Gasteiger partial charge is 0.274 e. The Balaban J connectivity index is 1.49. The van der Waals surface area contributed by atoms with Gasteiger partial charge in [-0.05, 0) is 64.0 Å². The van der Waals surface area contributed by atoms with Gasteiger partial charge in [0, 0.05) is 37.5 Å². The Morgan fingerprint density at radius 1 is 1.23 bits per heavy atom. The van der Waals surface area contributed by atoms with Crippen LogP contribution in [0.2, 0.25) is 0 Å². The van der Waals surface area contributed by atoms with Crippen LogP contribution in [0.1, 0.15) is 60.3 Å². The molecule has 4 rings (SSSR count). The minimum absolute atomic E-state index is 0.0920. The zero-order valence-electron chi connectivity index (χ0n) is 16.0. The third-order valence-electron chi connectivity index (χ3n) is 6.54. The van der Waals surface area contributed by atoms with Gasteiger partial charge in [-0.3, -0.25) is 9.89 Å². The van der Waals surface area contributed by atoms with Crippen molar-refractivity contribution in [1.82, 2.24) is 20.0 Å². The first-order valence-corrected chi connectivity index (χ1v) is 10.4. The fourth-order valence-corrected chi connectivity index (χ4v) is 5.20. The van der Waals surface area contributed by atoms with E-state index >= 15 is 0 Å². The van der Waals surface area contributed by atoms with E-state index < -0.39 is 0 Å². The lowest BCUT2D eigenvalue weighted by Crippen LogP contribution is -2.52. The number of ether oxygens (including phenoxy) is 1. The molecule has 1 aromatic heterocycles. The molecule has 3 heterocycles. The standard InChI is InChI=1S/C20H32N4O2/c1-26-13-12-24(20(25)19-16-7-4-8-17(16)21-22-19)14-15-6-5-11-23-10-3-2-9-18(15)23/h15,18H,2-14H2,1H3,(H,21,22)/t15-,18+/m0/s1. The highest BCUT2D eigenvalue weighted by Gasteiger charge is 2.35. The Bertz CT molecular complexity index is 627. The summed E-state index contributed by atoms with van der Waals surface area (Å²) in [7, 11) is 1.71. The summed E-state index contributed by atoms with van der Waals surface area (Å²) in [5.41, 5.74) is 2.97. The average Bonchev–Trinajstić information content (AvgIpc) is 3.28. The third kappa shape index (κ3) is 3.54. The average molecular weight is 361 g/mol. The van der Waals surface area contributed by atoms with E-state index in [9.17, 15) is 4.79 Å². The molecule has 0 aromatic carbocycles. The van der Waals surface area contributed by atoms with E-state index in [2.05, 4.69) is 15.1 Å². The van der Waals surface area contributed by atoms with Gasteiger partial charge in [0.1, 0.15) is 0 Å². The highest BCUT2D eigenvalue weighted by molar-refractivity contribution is 5.94. The molecule has 1 aromatic rings. The first-order chi connectivity index (χ1) is 12.8. The van der Waals surface area contributed by atoms with Crippen LogP contribution in [0.3, 0.4) is 0 Å². The fourth-order valence-electron chi connectivity index (χ4n) is 5.20. The van der Waals surface area contributed by atoms with Gasteiger partial charge in [0.15, 0.2) is 5.69 Å². The number of carbonyl (C=O) groups excluding carboxylic acids is 1. The van der Waals surface area contributed by atoms with Crippen LogP contribution in [-0.2, 0) is 17.6 Å². The molecule has 0 radical (unpaired) electrons. The van der Waals surface area contributed by atoms with E-state index in [4.69, 9.17) is 4.74 Å². The lowest BCUT2D eigenvalue weighted by atomic mass is 9.83. The van der Waals surface area contributed by atoms with Crippen molar-refractivity contribution in [3.63, 3.8) is 0 Å². The number of amides is 1. The highest BCUT2D eigenvalue weighted by atomic mass is 16.5. The molecule has 2 saturated heterocycles. The maximum Gasteiger partial charge on any atom is 0.274 e. The number of carbonyl (C=O) groups is 1. The Labute approximate surface area is 156 Å². The lowest BCUT2D eigenvalue weighted by molar-refractivity contribution is 0.0312. The minimum atomic E-state index is 0.0920. The monoisotopic (exact) mass is 360 g/mol. The molecule has 2 atom stereocenters. The van der Waals surface area contributed by atoms with E-state index in [1.54, 1.807) is 7.11 Å². The summed E-state index contributed by atoms with van der Waals surface area (Å²) >= 11 is 0. The van der Waals surface area contributed by atoms with Crippen molar-refractivity contribution < 1.29 is 9.53 Å². The largest absolute Gasteiger partial charge is 0.383 e. The van der Waals surface area contributed by atoms with Crippen LogP contribution in [0.4, 0.5) is 0 Å². The Morgan fingerprint density at radius 3 is 3.00 bits per heavy atom. The van der Waals surface area contributed by atoms with Crippen LogP contribution in [0.15, 0.2) is 0 Å². The first-order valence-electron chi connectivity index (χ1n) is 10.4. The molecule has 1 aliphatic carbocycles. The molecule has 0 unspecified atom stereocenters. The molecule has 144 valence electrons. The summed E-state index contributed by atoms with van der Waals surface area (Å²) < 4.78 is 5.30. The van der Waals surface area contributed by atoms with Gasteiger partial charge in [0.2, 0.25) is 0 Å². The van der Waals surface area contributed by atoms with Gasteiger partial charge in [0.25, 0.3) is 5.91 Å². The number of fused-ring (bicyclic) bond motifs is 2. The van der Waals surface area contributed by atoms with Gasteiger partial charge >= 0.3 is 0 Å². The summed E-state index contributed by atoms with van der Waals surface area (Å²) in [5, 5.41) is 7.46. The predicted molar refractivity (Wildman–Crippen MR) is 100 cm³/mol. The van der Waals surface area contributed by atoms with Gasteiger partial charge in [-0.1, -0.05) is 6.42 Å². The van der Waals surface area contributed by atoms with Crippen molar-refractivity contribution in [2.45, 2.75) is 57.4 Å². The maximum absolute atomic E-state index is 13.3. The molecule has 2 aliphatic heterocycles.